The molecule has 0 aliphatic carbocycles. The molecule has 2 aromatic carbocycles. The average Bonchev–Trinajstić information content (AvgIpc) is 2.63. The van der Waals surface area contributed by atoms with Gasteiger partial charge in [0.1, 0.15) is 5.82 Å². The van der Waals surface area contributed by atoms with E-state index in [1.165, 1.54) is 16.7 Å². The number of aromatic nitrogens is 1. The molecule has 0 aliphatic rings. The van der Waals surface area contributed by atoms with Crippen LogP contribution in [-0.4, -0.2) is 10.1 Å². The van der Waals surface area contributed by atoms with Gasteiger partial charge in [0.25, 0.3) is 0 Å². The van der Waals surface area contributed by atoms with Crippen molar-refractivity contribution in [3.8, 4) is 0 Å². The highest BCUT2D eigenvalue weighted by Gasteiger charge is 2.01. The highest BCUT2D eigenvalue weighted by molar-refractivity contribution is 7.80. The minimum atomic E-state index is 0.576. The first-order chi connectivity index (χ1) is 12.6. The Hall–Kier alpha value is -2.92. The van der Waals surface area contributed by atoms with Crippen molar-refractivity contribution in [3.05, 3.63) is 83.6 Å². The Morgan fingerprint density at radius 3 is 2.42 bits per heavy atom. The molecule has 1 heterocycles. The van der Waals surface area contributed by atoms with Crippen molar-refractivity contribution in [2.75, 3.05) is 10.6 Å². The lowest BCUT2D eigenvalue weighted by Crippen LogP contribution is -2.27. The summed E-state index contributed by atoms with van der Waals surface area (Å²) in [4.78, 5) is 4.42. The number of pyridine rings is 1. The summed E-state index contributed by atoms with van der Waals surface area (Å²) in [6.07, 6.45) is 1.76. The molecule has 4 nitrogen and oxygen atoms in total. The van der Waals surface area contributed by atoms with E-state index in [0.29, 0.717) is 11.7 Å². The third kappa shape index (κ3) is 5.29. The van der Waals surface area contributed by atoms with Crippen LogP contribution in [0, 0.1) is 13.8 Å². The number of benzene rings is 2. The third-order valence-electron chi connectivity index (χ3n) is 3.89. The van der Waals surface area contributed by atoms with Crippen molar-refractivity contribution < 1.29 is 0 Å². The molecule has 0 spiro atoms. The molecule has 3 rings (SSSR count). The van der Waals surface area contributed by atoms with E-state index >= 15 is 0 Å². The summed E-state index contributed by atoms with van der Waals surface area (Å²) in [6, 6.07) is 20.4. The van der Waals surface area contributed by atoms with Crippen LogP contribution in [0.1, 0.15) is 16.7 Å². The lowest BCUT2D eigenvalue weighted by atomic mass is 10.1. The van der Waals surface area contributed by atoms with Crippen molar-refractivity contribution in [1.82, 2.24) is 10.3 Å². The number of anilines is 3. The Kier molecular flexibility index (Phi) is 5.81. The monoisotopic (exact) mass is 362 g/mol. The van der Waals surface area contributed by atoms with Crippen molar-refractivity contribution in [2.45, 2.75) is 20.4 Å². The fraction of sp³-hybridized carbons (Fsp3) is 0.143. The van der Waals surface area contributed by atoms with Crippen LogP contribution in [-0.2, 0) is 6.54 Å². The maximum atomic E-state index is 5.35. The second kappa shape index (κ2) is 8.45. The Bertz CT molecular complexity index is 873. The minimum Gasteiger partial charge on any atom is -0.358 e. The normalized spacial score (nSPS) is 10.2. The summed E-state index contributed by atoms with van der Waals surface area (Å²) in [5.41, 5.74) is 5.52. The zero-order valence-corrected chi connectivity index (χ0v) is 15.7. The third-order valence-corrected chi connectivity index (χ3v) is 4.13. The number of hydrogen-bond donors (Lipinski definition) is 3. The van der Waals surface area contributed by atoms with Gasteiger partial charge in [0, 0.05) is 12.2 Å². The standard InChI is InChI=1S/C21H22N4S/c1-15-6-8-17(9-7-15)13-23-21(26)25-19-10-11-20(22-14-19)24-18-5-3-4-16(2)12-18/h3-12,14H,13H2,1-2H3,(H,22,24)(H2,23,25,26). The van der Waals surface area contributed by atoms with Crippen molar-refractivity contribution in [2.24, 2.45) is 0 Å². The van der Waals surface area contributed by atoms with E-state index in [1.54, 1.807) is 6.20 Å². The van der Waals surface area contributed by atoms with Crippen LogP contribution in [0.3, 0.4) is 0 Å². The number of hydrogen-bond acceptors (Lipinski definition) is 3. The molecule has 0 atom stereocenters. The van der Waals surface area contributed by atoms with Gasteiger partial charge in [-0.05, 0) is 61.5 Å². The molecule has 0 saturated carbocycles. The molecule has 0 fully saturated rings. The van der Waals surface area contributed by atoms with Crippen LogP contribution in [0.4, 0.5) is 17.2 Å². The van der Waals surface area contributed by atoms with Gasteiger partial charge in [-0.3, -0.25) is 0 Å². The summed E-state index contributed by atoms with van der Waals surface area (Å²) < 4.78 is 0. The fourth-order valence-electron chi connectivity index (χ4n) is 2.48. The molecule has 0 aliphatic heterocycles. The molecule has 5 heteroatoms. The first-order valence-corrected chi connectivity index (χ1v) is 8.89. The van der Waals surface area contributed by atoms with Gasteiger partial charge in [-0.1, -0.05) is 42.0 Å². The van der Waals surface area contributed by atoms with Gasteiger partial charge in [0.05, 0.1) is 11.9 Å². The number of aryl methyl sites for hydroxylation is 2. The Balaban J connectivity index is 1.51. The molecule has 0 bridgehead atoms. The Morgan fingerprint density at radius 2 is 1.73 bits per heavy atom. The summed E-state index contributed by atoms with van der Waals surface area (Å²) in [7, 11) is 0. The maximum Gasteiger partial charge on any atom is 0.171 e. The molecule has 0 amide bonds. The summed E-state index contributed by atoms with van der Waals surface area (Å²) in [6.45, 7) is 4.83. The van der Waals surface area contributed by atoms with Gasteiger partial charge in [-0.15, -0.1) is 0 Å². The molecular weight excluding hydrogens is 340 g/mol. The number of rotatable bonds is 5. The van der Waals surface area contributed by atoms with Gasteiger partial charge in [-0.2, -0.15) is 0 Å². The van der Waals surface area contributed by atoms with E-state index in [1.807, 2.05) is 24.3 Å². The first kappa shape index (κ1) is 17.9. The molecule has 0 radical (unpaired) electrons. The number of nitrogens with one attached hydrogen (secondary N) is 3. The molecule has 3 aromatic rings. The largest absolute Gasteiger partial charge is 0.358 e. The maximum absolute atomic E-state index is 5.35. The summed E-state index contributed by atoms with van der Waals surface area (Å²) in [5, 5.41) is 10.2. The van der Waals surface area contributed by atoms with Crippen molar-refractivity contribution in [1.29, 1.82) is 0 Å². The van der Waals surface area contributed by atoms with Gasteiger partial charge in [-0.25, -0.2) is 4.98 Å². The highest BCUT2D eigenvalue weighted by atomic mass is 32.1. The first-order valence-electron chi connectivity index (χ1n) is 8.49. The topological polar surface area (TPSA) is 49.0 Å². The van der Waals surface area contributed by atoms with E-state index in [2.05, 4.69) is 71.2 Å². The predicted octanol–water partition coefficient (Wildman–Crippen LogP) is 4.93. The van der Waals surface area contributed by atoms with Crippen LogP contribution in [0.5, 0.6) is 0 Å². The van der Waals surface area contributed by atoms with E-state index < -0.39 is 0 Å². The zero-order chi connectivity index (χ0) is 18.4. The van der Waals surface area contributed by atoms with Crippen LogP contribution >= 0.6 is 12.2 Å². The predicted molar refractivity (Wildman–Crippen MR) is 113 cm³/mol. The average molecular weight is 363 g/mol. The fourth-order valence-corrected chi connectivity index (χ4v) is 2.67. The number of thiocarbonyl (C=S) groups is 1. The van der Waals surface area contributed by atoms with Crippen LogP contribution in [0.2, 0.25) is 0 Å². The van der Waals surface area contributed by atoms with E-state index in [4.69, 9.17) is 12.2 Å². The lowest BCUT2D eigenvalue weighted by molar-refractivity contribution is 0.925. The van der Waals surface area contributed by atoms with Gasteiger partial charge < -0.3 is 16.0 Å². The second-order valence-electron chi connectivity index (χ2n) is 6.22. The second-order valence-corrected chi connectivity index (χ2v) is 6.63. The van der Waals surface area contributed by atoms with Crippen LogP contribution in [0.15, 0.2) is 66.9 Å². The van der Waals surface area contributed by atoms with Crippen LogP contribution in [0.25, 0.3) is 0 Å². The number of nitrogens with zero attached hydrogens (tertiary/aromatic N) is 1. The smallest absolute Gasteiger partial charge is 0.171 e. The molecule has 1 aromatic heterocycles. The lowest BCUT2D eigenvalue weighted by Gasteiger charge is -2.11. The molecule has 3 N–H and O–H groups in total. The Labute approximate surface area is 159 Å². The Morgan fingerprint density at radius 1 is 0.923 bits per heavy atom. The van der Waals surface area contributed by atoms with Gasteiger partial charge >= 0.3 is 0 Å². The van der Waals surface area contributed by atoms with Gasteiger partial charge in [0.15, 0.2) is 5.11 Å². The highest BCUT2D eigenvalue weighted by Crippen LogP contribution is 2.17. The quantitative estimate of drug-likeness (QED) is 0.562. The molecule has 0 saturated heterocycles. The summed E-state index contributed by atoms with van der Waals surface area (Å²) in [5.74, 6) is 0.791. The summed E-state index contributed by atoms with van der Waals surface area (Å²) >= 11 is 5.35. The zero-order valence-electron chi connectivity index (χ0n) is 14.9. The molecule has 132 valence electrons. The van der Waals surface area contributed by atoms with Crippen LogP contribution < -0.4 is 16.0 Å². The van der Waals surface area contributed by atoms with E-state index in [-0.39, 0.29) is 0 Å². The van der Waals surface area contributed by atoms with Crippen molar-refractivity contribution in [3.63, 3.8) is 0 Å². The van der Waals surface area contributed by atoms with Crippen molar-refractivity contribution >= 4 is 34.5 Å². The van der Waals surface area contributed by atoms with E-state index in [9.17, 15) is 0 Å². The van der Waals surface area contributed by atoms with Gasteiger partial charge in [0.2, 0.25) is 0 Å². The molecular formula is C21H22N4S. The minimum absolute atomic E-state index is 0.576. The SMILES string of the molecule is Cc1ccc(CNC(=S)Nc2ccc(Nc3cccc(C)c3)nc2)cc1. The van der Waals surface area contributed by atoms with E-state index in [0.717, 1.165) is 17.2 Å². The molecule has 0 unspecified atom stereocenters. The molecule has 26 heavy (non-hydrogen) atoms.